The number of imidazole rings is 1. The molecule has 4 heterocycles. The Hall–Kier alpha value is -3.89. The Morgan fingerprint density at radius 2 is 2.03 bits per heavy atom. The molecule has 0 spiro atoms. The van der Waals surface area contributed by atoms with Crippen molar-refractivity contribution in [3.05, 3.63) is 30.6 Å². The van der Waals surface area contributed by atoms with Crippen molar-refractivity contribution in [2.75, 3.05) is 32.6 Å². The molecule has 3 aromatic heterocycles. The number of ether oxygens (including phenoxy) is 2. The van der Waals surface area contributed by atoms with Gasteiger partial charge in [-0.25, -0.2) is 9.78 Å². The summed E-state index contributed by atoms with van der Waals surface area (Å²) in [5.41, 5.74) is 2.14. The third-order valence-corrected chi connectivity index (χ3v) is 4.98. The minimum absolute atomic E-state index is 0.190. The fourth-order valence-electron chi connectivity index (χ4n) is 3.41. The molecular weight excluding hydrogens is 392 g/mol. The summed E-state index contributed by atoms with van der Waals surface area (Å²) in [6.45, 7) is 0.544. The molecular formula is C19H20N6O5. The number of anilines is 1. The molecule has 30 heavy (non-hydrogen) atoms. The van der Waals surface area contributed by atoms with Crippen LogP contribution in [0.1, 0.15) is 6.42 Å². The van der Waals surface area contributed by atoms with E-state index in [9.17, 15) is 9.59 Å². The van der Waals surface area contributed by atoms with Crippen LogP contribution in [0.15, 0.2) is 30.6 Å². The number of carbonyl (C=O) groups is 2. The van der Waals surface area contributed by atoms with Gasteiger partial charge >= 0.3 is 6.09 Å². The SMILES string of the molecule is COc1cc(-c2ccc3nc(NC(=O)[C@H]4CCN(C(=O)O)C4)cn3c2)c(OC)nn1. The molecule has 11 heteroatoms. The molecule has 11 nitrogen and oxygen atoms in total. The molecule has 0 bridgehead atoms. The fourth-order valence-corrected chi connectivity index (χ4v) is 3.41. The third kappa shape index (κ3) is 3.69. The summed E-state index contributed by atoms with van der Waals surface area (Å²) < 4.78 is 12.2. The fraction of sp³-hybridized carbons (Fsp3) is 0.316. The lowest BCUT2D eigenvalue weighted by atomic mass is 10.1. The lowest BCUT2D eigenvalue weighted by Gasteiger charge is -2.11. The zero-order valence-electron chi connectivity index (χ0n) is 16.4. The highest BCUT2D eigenvalue weighted by atomic mass is 16.5. The summed E-state index contributed by atoms with van der Waals surface area (Å²) in [7, 11) is 3.02. The van der Waals surface area contributed by atoms with E-state index in [4.69, 9.17) is 14.6 Å². The van der Waals surface area contributed by atoms with Gasteiger partial charge in [-0.2, -0.15) is 0 Å². The molecule has 0 aliphatic carbocycles. The average molecular weight is 412 g/mol. The minimum Gasteiger partial charge on any atom is -0.480 e. The Morgan fingerprint density at radius 1 is 1.20 bits per heavy atom. The number of hydrogen-bond acceptors (Lipinski definition) is 7. The van der Waals surface area contributed by atoms with E-state index >= 15 is 0 Å². The minimum atomic E-state index is -1.01. The molecule has 1 aliphatic heterocycles. The number of carbonyl (C=O) groups excluding carboxylic acids is 1. The van der Waals surface area contributed by atoms with Crippen LogP contribution >= 0.6 is 0 Å². The molecule has 2 N–H and O–H groups in total. The molecule has 1 fully saturated rings. The number of hydrogen-bond donors (Lipinski definition) is 2. The van der Waals surface area contributed by atoms with Crippen molar-refractivity contribution >= 4 is 23.5 Å². The Kier molecular flexibility index (Phi) is 5.09. The van der Waals surface area contributed by atoms with Gasteiger partial charge in [-0.15, -0.1) is 10.2 Å². The molecule has 0 saturated carbocycles. The highest BCUT2D eigenvalue weighted by Crippen LogP contribution is 2.30. The molecule has 0 radical (unpaired) electrons. The van der Waals surface area contributed by atoms with Crippen molar-refractivity contribution in [1.29, 1.82) is 0 Å². The van der Waals surface area contributed by atoms with E-state index in [1.54, 1.807) is 22.7 Å². The molecule has 1 atom stereocenters. The lowest BCUT2D eigenvalue weighted by molar-refractivity contribution is -0.119. The van der Waals surface area contributed by atoms with E-state index in [1.165, 1.54) is 19.1 Å². The predicted molar refractivity (Wildman–Crippen MR) is 106 cm³/mol. The van der Waals surface area contributed by atoms with Crippen molar-refractivity contribution in [2.24, 2.45) is 5.92 Å². The van der Waals surface area contributed by atoms with E-state index in [2.05, 4.69) is 20.5 Å². The largest absolute Gasteiger partial charge is 0.480 e. The van der Waals surface area contributed by atoms with Crippen LogP contribution in [0.25, 0.3) is 16.8 Å². The average Bonchev–Trinajstić information content (AvgIpc) is 3.39. The first-order valence-electron chi connectivity index (χ1n) is 9.22. The standard InChI is InChI=1S/C19H20N6O5/c1-29-16-7-13(18(30-2)23-22-16)11-3-4-15-20-14(10-25(15)8-11)21-17(26)12-5-6-24(9-12)19(27)28/h3-4,7-8,10,12H,5-6,9H2,1-2H3,(H,21,26)(H,27,28)/t12-/m0/s1. The Bertz CT molecular complexity index is 1110. The molecule has 4 rings (SSSR count). The smallest absolute Gasteiger partial charge is 0.407 e. The lowest BCUT2D eigenvalue weighted by Crippen LogP contribution is -2.30. The van der Waals surface area contributed by atoms with Crippen LogP contribution in [0.2, 0.25) is 0 Å². The van der Waals surface area contributed by atoms with E-state index < -0.39 is 6.09 Å². The van der Waals surface area contributed by atoms with Gasteiger partial charge in [-0.05, 0) is 18.6 Å². The normalized spacial score (nSPS) is 15.9. The first-order valence-corrected chi connectivity index (χ1v) is 9.22. The molecule has 0 aromatic carbocycles. The molecule has 156 valence electrons. The highest BCUT2D eigenvalue weighted by Gasteiger charge is 2.31. The highest BCUT2D eigenvalue weighted by molar-refractivity contribution is 5.92. The number of likely N-dealkylation sites (tertiary alicyclic amines) is 1. The van der Waals surface area contributed by atoms with E-state index in [-0.39, 0.29) is 18.4 Å². The molecule has 1 saturated heterocycles. The van der Waals surface area contributed by atoms with Crippen LogP contribution in [-0.2, 0) is 4.79 Å². The first-order chi connectivity index (χ1) is 14.5. The summed E-state index contributed by atoms with van der Waals surface area (Å²) >= 11 is 0. The van der Waals surface area contributed by atoms with Gasteiger partial charge in [-0.3, -0.25) is 4.79 Å². The maximum absolute atomic E-state index is 12.5. The summed E-state index contributed by atoms with van der Waals surface area (Å²) in [4.78, 5) is 29.2. The zero-order valence-corrected chi connectivity index (χ0v) is 16.4. The molecule has 2 amide bonds. The van der Waals surface area contributed by atoms with Crippen LogP contribution in [0.4, 0.5) is 10.6 Å². The van der Waals surface area contributed by atoms with Crippen LogP contribution in [-0.4, -0.2) is 68.9 Å². The van der Waals surface area contributed by atoms with Gasteiger partial charge in [-0.1, -0.05) is 0 Å². The predicted octanol–water partition coefficient (Wildman–Crippen LogP) is 1.75. The van der Waals surface area contributed by atoms with Gasteiger partial charge in [0.1, 0.15) is 5.65 Å². The summed E-state index contributed by atoms with van der Waals surface area (Å²) in [6, 6.07) is 5.38. The second-order valence-corrected chi connectivity index (χ2v) is 6.82. The van der Waals surface area contributed by atoms with Crippen LogP contribution in [0, 0.1) is 5.92 Å². The van der Waals surface area contributed by atoms with Crippen molar-refractivity contribution in [1.82, 2.24) is 24.5 Å². The van der Waals surface area contributed by atoms with Gasteiger partial charge in [0.15, 0.2) is 5.82 Å². The number of methoxy groups -OCH3 is 2. The number of fused-ring (bicyclic) bond motifs is 1. The number of rotatable bonds is 5. The number of nitrogens with one attached hydrogen (secondary N) is 1. The van der Waals surface area contributed by atoms with E-state index in [0.717, 1.165) is 5.56 Å². The van der Waals surface area contributed by atoms with E-state index in [1.807, 2.05) is 12.3 Å². The van der Waals surface area contributed by atoms with Crippen molar-refractivity contribution in [2.45, 2.75) is 6.42 Å². The number of carboxylic acid groups (broad SMARTS) is 1. The topological polar surface area (TPSA) is 131 Å². The number of pyridine rings is 1. The monoisotopic (exact) mass is 412 g/mol. The maximum atomic E-state index is 12.5. The molecule has 1 aliphatic rings. The summed E-state index contributed by atoms with van der Waals surface area (Å²) in [5.74, 6) is 0.473. The van der Waals surface area contributed by atoms with Gasteiger partial charge in [0.2, 0.25) is 17.7 Å². The third-order valence-electron chi connectivity index (χ3n) is 4.98. The summed E-state index contributed by atoms with van der Waals surface area (Å²) in [5, 5.41) is 19.7. The van der Waals surface area contributed by atoms with Crippen LogP contribution < -0.4 is 14.8 Å². The molecule has 3 aromatic rings. The van der Waals surface area contributed by atoms with Gasteiger partial charge < -0.3 is 29.2 Å². The Morgan fingerprint density at radius 3 is 2.73 bits per heavy atom. The van der Waals surface area contributed by atoms with Gasteiger partial charge in [0, 0.05) is 30.9 Å². The van der Waals surface area contributed by atoms with Gasteiger partial charge in [0.25, 0.3) is 0 Å². The molecule has 0 unspecified atom stereocenters. The van der Waals surface area contributed by atoms with E-state index in [0.29, 0.717) is 41.8 Å². The quantitative estimate of drug-likeness (QED) is 0.648. The number of amides is 2. The van der Waals surface area contributed by atoms with Crippen LogP contribution in [0.3, 0.4) is 0 Å². The van der Waals surface area contributed by atoms with Gasteiger partial charge in [0.05, 0.1) is 31.9 Å². The summed E-state index contributed by atoms with van der Waals surface area (Å²) in [6.07, 6.45) is 3.01. The van der Waals surface area contributed by atoms with Crippen molar-refractivity contribution < 1.29 is 24.2 Å². The first kappa shape index (κ1) is 19.4. The van der Waals surface area contributed by atoms with Crippen LogP contribution in [0.5, 0.6) is 11.8 Å². The second kappa shape index (κ2) is 7.85. The number of nitrogens with zero attached hydrogens (tertiary/aromatic N) is 5. The Labute approximate surface area is 171 Å². The second-order valence-electron chi connectivity index (χ2n) is 6.82. The Balaban J connectivity index is 1.56. The maximum Gasteiger partial charge on any atom is 0.407 e. The zero-order chi connectivity index (χ0) is 21.3. The number of aromatic nitrogens is 4. The van der Waals surface area contributed by atoms with Crippen molar-refractivity contribution in [3.63, 3.8) is 0 Å². The van der Waals surface area contributed by atoms with Crippen molar-refractivity contribution in [3.8, 4) is 22.9 Å².